The summed E-state index contributed by atoms with van der Waals surface area (Å²) in [7, 11) is -1.32. The number of hydrogen-bond donors (Lipinski definition) is 1. The Labute approximate surface area is 140 Å². The Morgan fingerprint density at radius 3 is 2.17 bits per heavy atom. The summed E-state index contributed by atoms with van der Waals surface area (Å²) < 4.78 is 27.7. The maximum absolute atomic E-state index is 12.5. The molecule has 1 aliphatic heterocycles. The number of benzene rings is 1. The maximum Gasteiger partial charge on any atom is 0.240 e. The molecule has 1 N–H and O–H groups in total. The van der Waals surface area contributed by atoms with E-state index in [4.69, 9.17) is 0 Å². The molecule has 0 aromatic heterocycles. The molecule has 1 fully saturated rings. The summed E-state index contributed by atoms with van der Waals surface area (Å²) in [5.74, 6) is 0.402. The van der Waals surface area contributed by atoms with Crippen molar-refractivity contribution in [3.05, 3.63) is 29.8 Å². The van der Waals surface area contributed by atoms with Crippen LogP contribution in [0.5, 0.6) is 0 Å². The molecule has 0 radical (unpaired) electrons. The third-order valence-corrected chi connectivity index (χ3v) is 6.03. The van der Waals surface area contributed by atoms with Gasteiger partial charge in [-0.1, -0.05) is 31.5 Å². The Hall–Kier alpha value is -0.950. The van der Waals surface area contributed by atoms with E-state index >= 15 is 0 Å². The molecule has 1 unspecified atom stereocenters. The summed E-state index contributed by atoms with van der Waals surface area (Å²) in [6.45, 7) is 10.8. The van der Waals surface area contributed by atoms with Crippen molar-refractivity contribution in [2.24, 2.45) is 5.92 Å². The Kier molecular flexibility index (Phi) is 6.19. The zero-order valence-corrected chi connectivity index (χ0v) is 15.4. The van der Waals surface area contributed by atoms with E-state index in [9.17, 15) is 8.42 Å². The van der Waals surface area contributed by atoms with Crippen LogP contribution in [0, 0.1) is 12.8 Å². The molecule has 0 amide bonds. The second kappa shape index (κ2) is 7.75. The summed E-state index contributed by atoms with van der Waals surface area (Å²) in [4.78, 5) is 5.05. The van der Waals surface area contributed by atoms with Gasteiger partial charge in [0.2, 0.25) is 10.0 Å². The normalized spacial score (nSPS) is 19.2. The third-order valence-electron chi connectivity index (χ3n) is 4.59. The summed E-state index contributed by atoms with van der Waals surface area (Å²) >= 11 is 0. The Bertz CT molecular complexity index is 591. The Morgan fingerprint density at radius 2 is 1.65 bits per heavy atom. The van der Waals surface area contributed by atoms with Crippen LogP contribution in [-0.4, -0.2) is 64.0 Å². The number of aryl methyl sites for hydroxylation is 1. The van der Waals surface area contributed by atoms with Crippen LogP contribution in [-0.2, 0) is 10.0 Å². The molecular weight excluding hydrogens is 310 g/mol. The maximum atomic E-state index is 12.5. The predicted molar refractivity (Wildman–Crippen MR) is 94.1 cm³/mol. The molecule has 0 aliphatic carbocycles. The fourth-order valence-electron chi connectivity index (χ4n) is 2.94. The van der Waals surface area contributed by atoms with Crippen molar-refractivity contribution in [3.8, 4) is 0 Å². The highest BCUT2D eigenvalue weighted by Crippen LogP contribution is 2.15. The van der Waals surface area contributed by atoms with Gasteiger partial charge in [-0.15, -0.1) is 0 Å². The average molecular weight is 340 g/mol. The molecule has 2 rings (SSSR count). The highest BCUT2D eigenvalue weighted by atomic mass is 32.2. The van der Waals surface area contributed by atoms with E-state index in [1.165, 1.54) is 0 Å². The second-order valence-corrected chi connectivity index (χ2v) is 8.58. The number of piperazine rings is 1. The first kappa shape index (κ1) is 18.4. The van der Waals surface area contributed by atoms with Gasteiger partial charge in [-0.2, -0.15) is 0 Å². The SMILES string of the molecule is Cc1ccc(S(=O)(=O)NCC(C(C)C)N2CCN(C)CC2)cc1. The van der Waals surface area contributed by atoms with Crippen molar-refractivity contribution in [1.29, 1.82) is 0 Å². The van der Waals surface area contributed by atoms with Crippen molar-refractivity contribution in [2.45, 2.75) is 31.7 Å². The number of nitrogens with one attached hydrogen (secondary N) is 1. The van der Waals surface area contributed by atoms with E-state index in [2.05, 4.69) is 35.4 Å². The van der Waals surface area contributed by atoms with Crippen LogP contribution < -0.4 is 4.72 Å². The van der Waals surface area contributed by atoms with E-state index in [0.29, 0.717) is 17.4 Å². The van der Waals surface area contributed by atoms with Crippen molar-refractivity contribution in [3.63, 3.8) is 0 Å². The summed E-state index contributed by atoms with van der Waals surface area (Å²) in [6, 6.07) is 7.21. The van der Waals surface area contributed by atoms with Gasteiger partial charge in [0.15, 0.2) is 0 Å². The Balaban J connectivity index is 2.02. The Morgan fingerprint density at radius 1 is 1.09 bits per heavy atom. The number of nitrogens with zero attached hydrogens (tertiary/aromatic N) is 2. The summed E-state index contributed by atoms with van der Waals surface area (Å²) in [5.41, 5.74) is 1.06. The van der Waals surface area contributed by atoms with Crippen molar-refractivity contribution in [1.82, 2.24) is 14.5 Å². The van der Waals surface area contributed by atoms with Gasteiger partial charge < -0.3 is 4.90 Å². The molecule has 1 saturated heterocycles. The molecule has 6 heteroatoms. The molecule has 1 atom stereocenters. The first-order valence-corrected chi connectivity index (χ1v) is 9.77. The van der Waals surface area contributed by atoms with E-state index in [1.54, 1.807) is 12.1 Å². The van der Waals surface area contributed by atoms with Gasteiger partial charge in [0.05, 0.1) is 4.90 Å². The number of rotatable bonds is 6. The van der Waals surface area contributed by atoms with Crippen LogP contribution in [0.25, 0.3) is 0 Å². The summed E-state index contributed by atoms with van der Waals surface area (Å²) in [6.07, 6.45) is 0. The molecule has 0 bridgehead atoms. The van der Waals surface area contributed by atoms with Crippen molar-refractivity contribution < 1.29 is 8.42 Å². The van der Waals surface area contributed by atoms with Gasteiger partial charge in [-0.3, -0.25) is 4.90 Å². The van der Waals surface area contributed by atoms with Crippen LogP contribution in [0.1, 0.15) is 19.4 Å². The quantitative estimate of drug-likeness (QED) is 0.854. The summed E-state index contributed by atoms with van der Waals surface area (Å²) in [5, 5.41) is 0. The van der Waals surface area contributed by atoms with Crippen LogP contribution in [0.3, 0.4) is 0 Å². The van der Waals surface area contributed by atoms with Gasteiger partial charge >= 0.3 is 0 Å². The average Bonchev–Trinajstić information content (AvgIpc) is 2.49. The second-order valence-electron chi connectivity index (χ2n) is 6.82. The van der Waals surface area contributed by atoms with Crippen LogP contribution >= 0.6 is 0 Å². The zero-order chi connectivity index (χ0) is 17.0. The molecule has 0 spiro atoms. The van der Waals surface area contributed by atoms with Crippen molar-refractivity contribution in [2.75, 3.05) is 39.8 Å². The molecule has 130 valence electrons. The molecule has 1 aliphatic rings. The first-order valence-electron chi connectivity index (χ1n) is 8.28. The van der Waals surface area contributed by atoms with E-state index in [1.807, 2.05) is 19.1 Å². The molecule has 0 saturated carbocycles. The lowest BCUT2D eigenvalue weighted by molar-refractivity contribution is 0.0905. The van der Waals surface area contributed by atoms with Gasteiger partial charge in [-0.25, -0.2) is 13.1 Å². The lowest BCUT2D eigenvalue weighted by Gasteiger charge is -2.39. The minimum Gasteiger partial charge on any atom is -0.304 e. The standard InChI is InChI=1S/C17H29N3O2S/c1-14(2)17(20-11-9-19(4)10-12-20)13-18-23(21,22)16-7-5-15(3)6-8-16/h5-8,14,17-18H,9-13H2,1-4H3. The van der Waals surface area contributed by atoms with Gasteiger partial charge in [0, 0.05) is 38.8 Å². The highest BCUT2D eigenvalue weighted by Gasteiger charge is 2.26. The largest absolute Gasteiger partial charge is 0.304 e. The minimum absolute atomic E-state index is 0.226. The molecular formula is C17H29N3O2S. The molecule has 23 heavy (non-hydrogen) atoms. The lowest BCUT2D eigenvalue weighted by atomic mass is 10.0. The predicted octanol–water partition coefficient (Wildman–Crippen LogP) is 1.55. The molecule has 1 aromatic rings. The van der Waals surface area contributed by atoms with E-state index < -0.39 is 10.0 Å². The van der Waals surface area contributed by atoms with E-state index in [-0.39, 0.29) is 6.04 Å². The first-order chi connectivity index (χ1) is 10.8. The number of sulfonamides is 1. The van der Waals surface area contributed by atoms with Gasteiger partial charge in [-0.05, 0) is 32.0 Å². The minimum atomic E-state index is -3.44. The third kappa shape index (κ3) is 5.01. The highest BCUT2D eigenvalue weighted by molar-refractivity contribution is 7.89. The fourth-order valence-corrected chi connectivity index (χ4v) is 3.99. The fraction of sp³-hybridized carbons (Fsp3) is 0.647. The monoisotopic (exact) mass is 339 g/mol. The molecule has 5 nitrogen and oxygen atoms in total. The van der Waals surface area contributed by atoms with Crippen LogP contribution in [0.15, 0.2) is 29.2 Å². The van der Waals surface area contributed by atoms with E-state index in [0.717, 1.165) is 31.7 Å². The van der Waals surface area contributed by atoms with Crippen molar-refractivity contribution >= 4 is 10.0 Å². The number of hydrogen-bond acceptors (Lipinski definition) is 4. The van der Waals surface area contributed by atoms with Gasteiger partial charge in [0.1, 0.15) is 0 Å². The van der Waals surface area contributed by atoms with Gasteiger partial charge in [0.25, 0.3) is 0 Å². The number of likely N-dealkylation sites (N-methyl/N-ethyl adjacent to an activating group) is 1. The molecule has 1 heterocycles. The lowest BCUT2D eigenvalue weighted by Crippen LogP contribution is -2.54. The zero-order valence-electron chi connectivity index (χ0n) is 14.6. The topological polar surface area (TPSA) is 52.7 Å². The smallest absolute Gasteiger partial charge is 0.240 e. The molecule has 1 aromatic carbocycles. The van der Waals surface area contributed by atoms with Crippen LogP contribution in [0.2, 0.25) is 0 Å². The van der Waals surface area contributed by atoms with Crippen LogP contribution in [0.4, 0.5) is 0 Å².